The molecule has 7 aromatic carbocycles. The van der Waals surface area contributed by atoms with Crippen molar-refractivity contribution < 1.29 is 4.42 Å². The predicted octanol–water partition coefficient (Wildman–Crippen LogP) is 11.9. The van der Waals surface area contributed by atoms with Crippen molar-refractivity contribution in [1.29, 1.82) is 0 Å². The fourth-order valence-corrected chi connectivity index (χ4v) is 7.91. The molecule has 0 N–H and O–H groups in total. The molecular weight excluding hydrogens is 625 g/mol. The van der Waals surface area contributed by atoms with Crippen molar-refractivity contribution >= 4 is 65.7 Å². The summed E-state index contributed by atoms with van der Waals surface area (Å²) in [5, 5.41) is 5.83. The van der Waals surface area contributed by atoms with Gasteiger partial charge in [-0.3, -0.25) is 0 Å². The molecule has 0 aliphatic rings. The van der Waals surface area contributed by atoms with E-state index < -0.39 is 0 Å². The van der Waals surface area contributed by atoms with Gasteiger partial charge in [-0.05, 0) is 48.5 Å². The normalized spacial score (nSPS) is 11.9. The van der Waals surface area contributed by atoms with E-state index in [1.165, 1.54) is 32.6 Å². The minimum Gasteiger partial charge on any atom is -0.452 e. The zero-order valence-electron chi connectivity index (χ0n) is 27.4. The van der Waals surface area contributed by atoms with Crippen LogP contribution < -0.4 is 0 Å². The van der Waals surface area contributed by atoms with Crippen LogP contribution in [0.25, 0.3) is 99.7 Å². The topological polar surface area (TPSA) is 48.8 Å². The Morgan fingerprint density at radius 3 is 1.67 bits per heavy atom. The third kappa shape index (κ3) is 4.09. The molecule has 0 bridgehead atoms. The largest absolute Gasteiger partial charge is 0.452 e. The van der Waals surface area contributed by atoms with Crippen LogP contribution in [0.1, 0.15) is 0 Å². The zero-order chi connectivity index (χ0) is 33.5. The number of rotatable bonds is 4. The molecule has 0 aliphatic carbocycles. The van der Waals surface area contributed by atoms with Gasteiger partial charge < -0.3 is 13.6 Å². The molecule has 0 saturated heterocycles. The first-order chi connectivity index (χ1) is 25.3. The van der Waals surface area contributed by atoms with E-state index in [2.05, 4.69) is 143 Å². The minimum absolute atomic E-state index is 0.668. The Hall–Kier alpha value is -6.98. The Kier molecular flexibility index (Phi) is 5.89. The summed E-state index contributed by atoms with van der Waals surface area (Å²) in [6.07, 6.45) is 0. The highest BCUT2D eigenvalue weighted by Gasteiger charge is 2.22. The monoisotopic (exact) mass is 652 g/mol. The quantitative estimate of drug-likeness (QED) is 0.190. The Bertz CT molecular complexity index is 3130. The highest BCUT2D eigenvalue weighted by atomic mass is 16.3. The Morgan fingerprint density at radius 1 is 0.412 bits per heavy atom. The van der Waals surface area contributed by atoms with E-state index in [-0.39, 0.29) is 0 Å². The molecule has 0 fully saturated rings. The van der Waals surface area contributed by atoms with Crippen molar-refractivity contribution in [3.8, 4) is 34.0 Å². The van der Waals surface area contributed by atoms with Gasteiger partial charge in [0, 0.05) is 49.4 Å². The molecule has 4 heterocycles. The van der Waals surface area contributed by atoms with Gasteiger partial charge in [0.15, 0.2) is 11.4 Å². The van der Waals surface area contributed by atoms with Crippen LogP contribution in [0.5, 0.6) is 0 Å². The molecule has 0 spiro atoms. The van der Waals surface area contributed by atoms with E-state index in [4.69, 9.17) is 14.4 Å². The molecule has 0 atom stereocenters. The van der Waals surface area contributed by atoms with E-state index in [9.17, 15) is 0 Å². The second-order valence-electron chi connectivity index (χ2n) is 13.0. The Morgan fingerprint density at radius 2 is 0.961 bits per heavy atom. The van der Waals surface area contributed by atoms with E-state index in [0.29, 0.717) is 11.4 Å². The summed E-state index contributed by atoms with van der Waals surface area (Å²) in [6, 6.07) is 59.6. The third-order valence-electron chi connectivity index (χ3n) is 10.1. The second kappa shape index (κ2) is 10.8. The maximum Gasteiger partial charge on any atom is 0.180 e. The van der Waals surface area contributed by atoms with Crippen LogP contribution in [0, 0.1) is 0 Å². The van der Waals surface area contributed by atoms with Gasteiger partial charge in [0.05, 0.1) is 22.1 Å². The molecule has 0 radical (unpaired) electrons. The summed E-state index contributed by atoms with van der Waals surface area (Å²) in [5.74, 6) is 0.668. The van der Waals surface area contributed by atoms with Crippen molar-refractivity contribution in [3.63, 3.8) is 0 Å². The van der Waals surface area contributed by atoms with E-state index in [1.807, 2.05) is 36.4 Å². The molecule has 11 aromatic rings. The molecular formula is C46H28N4O. The third-order valence-corrected chi connectivity index (χ3v) is 10.1. The number of hydrogen-bond acceptors (Lipinski definition) is 3. The number of fused-ring (bicyclic) bond motifs is 10. The van der Waals surface area contributed by atoms with Gasteiger partial charge in [-0.15, -0.1) is 0 Å². The summed E-state index contributed by atoms with van der Waals surface area (Å²) < 4.78 is 11.4. The van der Waals surface area contributed by atoms with Gasteiger partial charge in [0.2, 0.25) is 0 Å². The summed E-state index contributed by atoms with van der Waals surface area (Å²) >= 11 is 0. The maximum absolute atomic E-state index is 6.52. The lowest BCUT2D eigenvalue weighted by Crippen LogP contribution is -1.99. The molecule has 0 unspecified atom stereocenters. The minimum atomic E-state index is 0.668. The highest BCUT2D eigenvalue weighted by Crippen LogP contribution is 2.42. The number of benzene rings is 7. The first-order valence-corrected chi connectivity index (χ1v) is 17.2. The van der Waals surface area contributed by atoms with E-state index in [0.717, 1.165) is 55.7 Å². The molecule has 5 nitrogen and oxygen atoms in total. The van der Waals surface area contributed by atoms with Gasteiger partial charge in [-0.2, -0.15) is 0 Å². The standard InChI is InChI=1S/C46H28N4O/c1-3-14-29(15-4-1)46-47-41(45-42(48-46)37-22-9-12-25-40(37)51-45)30-16-13-19-32(28-30)50-39-24-11-8-21-34(39)36-27-26-35-33-20-7-10-23-38(33)49(43(35)44(36)50)31-17-5-2-6-18-31/h1-28H. The molecule has 4 aromatic heterocycles. The van der Waals surface area contributed by atoms with Crippen LogP contribution >= 0.6 is 0 Å². The van der Waals surface area contributed by atoms with Crippen LogP contribution in [0.4, 0.5) is 0 Å². The van der Waals surface area contributed by atoms with Crippen LogP contribution in [0.3, 0.4) is 0 Å². The molecule has 5 heteroatoms. The van der Waals surface area contributed by atoms with E-state index >= 15 is 0 Å². The molecule has 0 saturated carbocycles. The van der Waals surface area contributed by atoms with Crippen LogP contribution in [0.15, 0.2) is 174 Å². The van der Waals surface area contributed by atoms with Crippen LogP contribution in [0.2, 0.25) is 0 Å². The van der Waals surface area contributed by atoms with Crippen LogP contribution in [-0.2, 0) is 0 Å². The van der Waals surface area contributed by atoms with E-state index in [1.54, 1.807) is 0 Å². The van der Waals surface area contributed by atoms with Gasteiger partial charge >= 0.3 is 0 Å². The SMILES string of the molecule is c1ccc(-c2nc(-c3cccc(-n4c5ccccc5c5ccc6c7ccccc7n(-c7ccccc7)c6c54)c3)c3oc4ccccc4c3n2)cc1. The van der Waals surface area contributed by atoms with Crippen molar-refractivity contribution in [2.75, 3.05) is 0 Å². The van der Waals surface area contributed by atoms with Crippen molar-refractivity contribution in [1.82, 2.24) is 19.1 Å². The number of nitrogens with zero attached hydrogens (tertiary/aromatic N) is 4. The smallest absolute Gasteiger partial charge is 0.180 e. The predicted molar refractivity (Wildman–Crippen MR) is 209 cm³/mol. The molecule has 11 rings (SSSR count). The highest BCUT2D eigenvalue weighted by molar-refractivity contribution is 6.23. The lowest BCUT2D eigenvalue weighted by atomic mass is 10.1. The van der Waals surface area contributed by atoms with Crippen LogP contribution in [-0.4, -0.2) is 19.1 Å². The number of furan rings is 1. The second-order valence-corrected chi connectivity index (χ2v) is 13.0. The lowest BCUT2D eigenvalue weighted by molar-refractivity contribution is 0.667. The Balaban J connectivity index is 1.24. The molecule has 0 aliphatic heterocycles. The summed E-state index contributed by atoms with van der Waals surface area (Å²) in [7, 11) is 0. The van der Waals surface area contributed by atoms with Crippen molar-refractivity contribution in [2.45, 2.75) is 0 Å². The first kappa shape index (κ1) is 27.9. The summed E-state index contributed by atoms with van der Waals surface area (Å²) in [5.41, 5.74) is 11.8. The van der Waals surface area contributed by atoms with Gasteiger partial charge in [0.1, 0.15) is 16.8 Å². The van der Waals surface area contributed by atoms with Gasteiger partial charge in [0.25, 0.3) is 0 Å². The summed E-state index contributed by atoms with van der Waals surface area (Å²) in [6.45, 7) is 0. The first-order valence-electron chi connectivity index (χ1n) is 17.2. The number of hydrogen-bond donors (Lipinski definition) is 0. The molecule has 51 heavy (non-hydrogen) atoms. The number of aromatic nitrogens is 4. The van der Waals surface area contributed by atoms with Crippen molar-refractivity contribution in [3.05, 3.63) is 170 Å². The lowest BCUT2D eigenvalue weighted by Gasteiger charge is -2.13. The molecule has 238 valence electrons. The average Bonchev–Trinajstić information content (AvgIpc) is 3.86. The van der Waals surface area contributed by atoms with Crippen molar-refractivity contribution in [2.24, 2.45) is 0 Å². The van der Waals surface area contributed by atoms with Gasteiger partial charge in [-0.1, -0.05) is 121 Å². The maximum atomic E-state index is 6.52. The summed E-state index contributed by atoms with van der Waals surface area (Å²) in [4.78, 5) is 10.3. The fraction of sp³-hybridized carbons (Fsp3) is 0. The molecule has 0 amide bonds. The number of para-hydroxylation sites is 4. The Labute approximate surface area is 292 Å². The fourth-order valence-electron chi connectivity index (χ4n) is 7.91. The average molecular weight is 653 g/mol. The van der Waals surface area contributed by atoms with Gasteiger partial charge in [-0.25, -0.2) is 9.97 Å². The zero-order valence-corrected chi connectivity index (χ0v) is 27.4.